The molecule has 7 nitrogen and oxygen atoms in total. The Balaban J connectivity index is 1.99. The zero-order chi connectivity index (χ0) is 19.1. The summed E-state index contributed by atoms with van der Waals surface area (Å²) in [6.45, 7) is 1.88. The molecule has 2 aromatic rings. The van der Waals surface area contributed by atoms with Crippen molar-refractivity contribution >= 4 is 17.6 Å². The van der Waals surface area contributed by atoms with Crippen molar-refractivity contribution in [1.82, 2.24) is 0 Å². The predicted octanol–water partition coefficient (Wildman–Crippen LogP) is 2.95. The molecule has 1 amide bonds. The molecule has 0 aliphatic heterocycles. The highest BCUT2D eigenvalue weighted by Crippen LogP contribution is 2.26. The molecular weight excluding hydrogens is 338 g/mol. The number of benzene rings is 2. The monoisotopic (exact) mass is 359 g/mol. The van der Waals surface area contributed by atoms with Crippen LogP contribution in [-0.4, -0.2) is 37.3 Å². The Morgan fingerprint density at radius 1 is 1.12 bits per heavy atom. The van der Waals surface area contributed by atoms with E-state index in [0.29, 0.717) is 11.4 Å². The van der Waals surface area contributed by atoms with E-state index in [1.165, 1.54) is 25.3 Å². The van der Waals surface area contributed by atoms with Gasteiger partial charge in [0.15, 0.2) is 0 Å². The molecule has 2 rings (SSSR count). The van der Waals surface area contributed by atoms with Crippen LogP contribution in [0.15, 0.2) is 42.5 Å². The lowest BCUT2D eigenvalue weighted by molar-refractivity contribution is -0.127. The minimum atomic E-state index is -1.07. The number of hydrogen-bond donors (Lipinski definition) is 2. The number of aromatic carboxylic acids is 1. The summed E-state index contributed by atoms with van der Waals surface area (Å²) in [6.07, 6.45) is -0.718. The molecule has 138 valence electrons. The summed E-state index contributed by atoms with van der Waals surface area (Å²) in [5.74, 6) is -0.463. The van der Waals surface area contributed by atoms with Gasteiger partial charge < -0.3 is 24.6 Å². The summed E-state index contributed by atoms with van der Waals surface area (Å²) in [5, 5.41) is 11.7. The number of methoxy groups -OCH3 is 2. The van der Waals surface area contributed by atoms with E-state index in [1.54, 1.807) is 14.0 Å². The van der Waals surface area contributed by atoms with Crippen molar-refractivity contribution in [3.63, 3.8) is 0 Å². The van der Waals surface area contributed by atoms with Crippen LogP contribution in [0.1, 0.15) is 22.8 Å². The molecule has 0 bridgehead atoms. The molecule has 1 unspecified atom stereocenters. The quantitative estimate of drug-likeness (QED) is 0.753. The summed E-state index contributed by atoms with van der Waals surface area (Å²) in [6, 6.07) is 11.6. The number of rotatable bonds is 8. The van der Waals surface area contributed by atoms with Crippen molar-refractivity contribution in [1.29, 1.82) is 0 Å². The number of ether oxygens (including phenoxy) is 3. The van der Waals surface area contributed by atoms with Gasteiger partial charge >= 0.3 is 5.97 Å². The number of carbonyl (C=O) groups is 2. The SMILES string of the molecule is COc1cccc(COC(C)C(=O)Nc2ccc(C(=O)O)cc2OC)c1. The first-order valence-electron chi connectivity index (χ1n) is 7.91. The van der Waals surface area contributed by atoms with E-state index in [2.05, 4.69) is 5.32 Å². The average molecular weight is 359 g/mol. The van der Waals surface area contributed by atoms with Crippen LogP contribution in [0.2, 0.25) is 0 Å². The van der Waals surface area contributed by atoms with Gasteiger partial charge in [-0.1, -0.05) is 12.1 Å². The molecule has 0 fully saturated rings. The highest BCUT2D eigenvalue weighted by molar-refractivity contribution is 5.96. The molecule has 0 heterocycles. The summed E-state index contributed by atoms with van der Waals surface area (Å²) in [5.41, 5.74) is 1.33. The molecule has 0 saturated carbocycles. The molecule has 0 radical (unpaired) electrons. The third kappa shape index (κ3) is 4.97. The fourth-order valence-electron chi connectivity index (χ4n) is 2.22. The van der Waals surface area contributed by atoms with Gasteiger partial charge in [0.05, 0.1) is 32.1 Å². The summed E-state index contributed by atoms with van der Waals surface area (Å²) in [4.78, 5) is 23.3. The van der Waals surface area contributed by atoms with Gasteiger partial charge in [-0.05, 0) is 42.8 Å². The van der Waals surface area contributed by atoms with Gasteiger partial charge in [-0.3, -0.25) is 4.79 Å². The number of carboxylic acids is 1. The molecule has 0 spiro atoms. The standard InChI is InChI=1S/C19H21NO6/c1-12(26-11-13-5-4-6-15(9-13)24-2)18(21)20-16-8-7-14(19(22)23)10-17(16)25-3/h4-10,12H,11H2,1-3H3,(H,20,21)(H,22,23). The van der Waals surface area contributed by atoms with Crippen molar-refractivity contribution in [2.75, 3.05) is 19.5 Å². The van der Waals surface area contributed by atoms with Crippen molar-refractivity contribution in [2.45, 2.75) is 19.6 Å². The van der Waals surface area contributed by atoms with Gasteiger partial charge in [0, 0.05) is 0 Å². The van der Waals surface area contributed by atoms with Gasteiger partial charge in [-0.2, -0.15) is 0 Å². The number of carbonyl (C=O) groups excluding carboxylic acids is 1. The number of hydrogen-bond acceptors (Lipinski definition) is 5. The van der Waals surface area contributed by atoms with Crippen molar-refractivity contribution in [3.05, 3.63) is 53.6 Å². The zero-order valence-corrected chi connectivity index (χ0v) is 14.8. The van der Waals surface area contributed by atoms with Gasteiger partial charge in [0.1, 0.15) is 17.6 Å². The number of carboxylic acid groups (broad SMARTS) is 1. The first-order valence-corrected chi connectivity index (χ1v) is 7.91. The summed E-state index contributed by atoms with van der Waals surface area (Å²) < 4.78 is 15.9. The lowest BCUT2D eigenvalue weighted by Gasteiger charge is -2.16. The number of anilines is 1. The highest BCUT2D eigenvalue weighted by atomic mass is 16.5. The van der Waals surface area contributed by atoms with Crippen LogP contribution in [0.5, 0.6) is 11.5 Å². The molecule has 7 heteroatoms. The lowest BCUT2D eigenvalue weighted by atomic mass is 10.2. The van der Waals surface area contributed by atoms with E-state index in [0.717, 1.165) is 5.56 Å². The molecule has 0 saturated heterocycles. The average Bonchev–Trinajstić information content (AvgIpc) is 2.66. The van der Waals surface area contributed by atoms with Crippen LogP contribution in [0.25, 0.3) is 0 Å². The maximum Gasteiger partial charge on any atom is 0.335 e. The van der Waals surface area contributed by atoms with Gasteiger partial charge in [0.25, 0.3) is 5.91 Å². The Labute approximate surface area is 151 Å². The smallest absolute Gasteiger partial charge is 0.335 e. The third-order valence-corrected chi connectivity index (χ3v) is 3.71. The molecule has 0 aliphatic rings. The minimum Gasteiger partial charge on any atom is -0.497 e. The van der Waals surface area contributed by atoms with E-state index in [1.807, 2.05) is 24.3 Å². The lowest BCUT2D eigenvalue weighted by Crippen LogP contribution is -2.27. The van der Waals surface area contributed by atoms with Crippen molar-refractivity contribution < 1.29 is 28.9 Å². The van der Waals surface area contributed by atoms with Crippen LogP contribution in [0.3, 0.4) is 0 Å². The van der Waals surface area contributed by atoms with E-state index in [9.17, 15) is 9.59 Å². The number of nitrogens with one attached hydrogen (secondary N) is 1. The Kier molecular flexibility index (Phi) is 6.57. The third-order valence-electron chi connectivity index (χ3n) is 3.71. The first-order chi connectivity index (χ1) is 12.4. The second kappa shape index (κ2) is 8.87. The molecule has 2 aromatic carbocycles. The molecule has 26 heavy (non-hydrogen) atoms. The fourth-order valence-corrected chi connectivity index (χ4v) is 2.22. The Morgan fingerprint density at radius 2 is 1.88 bits per heavy atom. The van der Waals surface area contributed by atoms with E-state index in [-0.39, 0.29) is 23.8 Å². The van der Waals surface area contributed by atoms with Crippen LogP contribution in [0, 0.1) is 0 Å². The maximum absolute atomic E-state index is 12.3. The molecule has 2 N–H and O–H groups in total. The Morgan fingerprint density at radius 3 is 2.54 bits per heavy atom. The second-order valence-electron chi connectivity index (χ2n) is 5.51. The van der Waals surface area contributed by atoms with Gasteiger partial charge in [-0.25, -0.2) is 4.79 Å². The first kappa shape index (κ1) is 19.3. The van der Waals surface area contributed by atoms with E-state index < -0.39 is 12.1 Å². The van der Waals surface area contributed by atoms with Crippen molar-refractivity contribution in [2.24, 2.45) is 0 Å². The summed E-state index contributed by atoms with van der Waals surface area (Å²) >= 11 is 0. The van der Waals surface area contributed by atoms with Gasteiger partial charge in [0.2, 0.25) is 0 Å². The minimum absolute atomic E-state index is 0.0715. The Hall–Kier alpha value is -3.06. The Bertz CT molecular complexity index is 789. The molecule has 0 aliphatic carbocycles. The van der Waals surface area contributed by atoms with Crippen LogP contribution in [0.4, 0.5) is 5.69 Å². The van der Waals surface area contributed by atoms with E-state index in [4.69, 9.17) is 19.3 Å². The maximum atomic E-state index is 12.3. The van der Waals surface area contributed by atoms with Crippen LogP contribution in [-0.2, 0) is 16.1 Å². The fraction of sp³-hybridized carbons (Fsp3) is 0.263. The van der Waals surface area contributed by atoms with Gasteiger partial charge in [-0.15, -0.1) is 0 Å². The molecular formula is C19H21NO6. The number of amides is 1. The van der Waals surface area contributed by atoms with E-state index >= 15 is 0 Å². The van der Waals surface area contributed by atoms with Crippen LogP contribution < -0.4 is 14.8 Å². The normalized spacial score (nSPS) is 11.5. The topological polar surface area (TPSA) is 94.1 Å². The molecule has 0 aromatic heterocycles. The zero-order valence-electron chi connectivity index (χ0n) is 14.8. The predicted molar refractivity (Wildman–Crippen MR) is 95.8 cm³/mol. The molecule has 1 atom stereocenters. The highest BCUT2D eigenvalue weighted by Gasteiger charge is 2.17. The van der Waals surface area contributed by atoms with Crippen LogP contribution >= 0.6 is 0 Å². The summed E-state index contributed by atoms with van der Waals surface area (Å²) in [7, 11) is 2.98. The largest absolute Gasteiger partial charge is 0.497 e. The second-order valence-corrected chi connectivity index (χ2v) is 5.51. The van der Waals surface area contributed by atoms with Crippen molar-refractivity contribution in [3.8, 4) is 11.5 Å².